The summed E-state index contributed by atoms with van der Waals surface area (Å²) in [6, 6.07) is 5.84. The van der Waals surface area contributed by atoms with Gasteiger partial charge in [0.1, 0.15) is 0 Å². The molecule has 1 aromatic heterocycles. The molecular weight excluding hydrogens is 305 g/mol. The molecule has 2 rings (SSSR count). The van der Waals surface area contributed by atoms with Crippen molar-refractivity contribution in [2.45, 2.75) is 5.75 Å². The molecule has 0 aromatic carbocycles. The van der Waals surface area contributed by atoms with E-state index in [2.05, 4.69) is 15.6 Å². The number of hydrogen-bond donors (Lipinski definition) is 2. The van der Waals surface area contributed by atoms with Crippen LogP contribution in [0.5, 0.6) is 0 Å². The zero-order valence-electron chi connectivity index (χ0n) is 10.5. The van der Waals surface area contributed by atoms with Crippen molar-refractivity contribution in [2.75, 3.05) is 25.4 Å². The molecule has 19 heavy (non-hydrogen) atoms. The van der Waals surface area contributed by atoms with Crippen molar-refractivity contribution >= 4 is 42.5 Å². The minimum absolute atomic E-state index is 0. The molecule has 0 aliphatic carbocycles. The molecular formula is C12H19Cl2N3OS. The summed E-state index contributed by atoms with van der Waals surface area (Å²) in [5.41, 5.74) is 1.02. The van der Waals surface area contributed by atoms with E-state index in [0.717, 1.165) is 31.1 Å². The fraction of sp³-hybridized carbons (Fsp3) is 0.500. The van der Waals surface area contributed by atoms with Crippen molar-refractivity contribution in [1.82, 2.24) is 15.6 Å². The van der Waals surface area contributed by atoms with Crippen LogP contribution in [0.2, 0.25) is 0 Å². The average Bonchev–Trinajstić information content (AvgIpc) is 2.28. The lowest BCUT2D eigenvalue weighted by molar-refractivity contribution is -0.118. The average molecular weight is 324 g/mol. The largest absolute Gasteiger partial charge is 0.355 e. The maximum atomic E-state index is 11.5. The molecule has 4 nitrogen and oxygen atoms in total. The number of rotatable bonds is 6. The van der Waals surface area contributed by atoms with Gasteiger partial charge in [-0.2, -0.15) is 0 Å². The zero-order valence-corrected chi connectivity index (χ0v) is 13.0. The Balaban J connectivity index is 0.00000162. The predicted molar refractivity (Wildman–Crippen MR) is 84.3 cm³/mol. The van der Waals surface area contributed by atoms with E-state index in [4.69, 9.17) is 0 Å². The normalized spacial score (nSPS) is 13.7. The topological polar surface area (TPSA) is 54.0 Å². The maximum absolute atomic E-state index is 11.5. The van der Waals surface area contributed by atoms with E-state index in [1.807, 2.05) is 18.2 Å². The Morgan fingerprint density at radius 1 is 1.42 bits per heavy atom. The Morgan fingerprint density at radius 2 is 2.21 bits per heavy atom. The van der Waals surface area contributed by atoms with Gasteiger partial charge >= 0.3 is 0 Å². The van der Waals surface area contributed by atoms with Crippen LogP contribution >= 0.6 is 36.6 Å². The number of thioether (sulfide) groups is 1. The summed E-state index contributed by atoms with van der Waals surface area (Å²) >= 11 is 1.60. The highest BCUT2D eigenvalue weighted by atomic mass is 35.5. The number of halogens is 2. The fourth-order valence-corrected chi connectivity index (χ4v) is 2.30. The molecule has 108 valence electrons. The van der Waals surface area contributed by atoms with E-state index in [1.165, 1.54) is 0 Å². The molecule has 0 saturated carbocycles. The summed E-state index contributed by atoms with van der Waals surface area (Å²) < 4.78 is 0. The summed E-state index contributed by atoms with van der Waals surface area (Å²) in [4.78, 5) is 15.7. The molecule has 1 fully saturated rings. The fourth-order valence-electron chi connectivity index (χ4n) is 1.53. The first-order valence-electron chi connectivity index (χ1n) is 5.79. The van der Waals surface area contributed by atoms with Crippen molar-refractivity contribution in [3.05, 3.63) is 30.1 Å². The number of aromatic nitrogens is 1. The van der Waals surface area contributed by atoms with Crippen molar-refractivity contribution in [2.24, 2.45) is 5.92 Å². The van der Waals surface area contributed by atoms with Crippen LogP contribution in [-0.4, -0.2) is 36.3 Å². The summed E-state index contributed by atoms with van der Waals surface area (Å²) in [5.74, 6) is 2.05. The Hall–Kier alpha value is -0.490. The van der Waals surface area contributed by atoms with Gasteiger partial charge in [0.2, 0.25) is 5.91 Å². The smallest absolute Gasteiger partial charge is 0.230 e. The summed E-state index contributed by atoms with van der Waals surface area (Å²) in [6.45, 7) is 2.86. The van der Waals surface area contributed by atoms with E-state index < -0.39 is 0 Å². The zero-order chi connectivity index (χ0) is 11.9. The second-order valence-electron chi connectivity index (χ2n) is 4.14. The van der Waals surface area contributed by atoms with Gasteiger partial charge in [-0.1, -0.05) is 6.07 Å². The molecule has 7 heteroatoms. The SMILES string of the molecule is Cl.Cl.O=C(CSCc1ccccn1)NCC1CNC1. The maximum Gasteiger partial charge on any atom is 0.230 e. The third-order valence-electron chi connectivity index (χ3n) is 2.66. The highest BCUT2D eigenvalue weighted by Gasteiger charge is 2.16. The van der Waals surface area contributed by atoms with Gasteiger partial charge in [-0.3, -0.25) is 9.78 Å². The van der Waals surface area contributed by atoms with Gasteiger partial charge in [0.15, 0.2) is 0 Å². The van der Waals surface area contributed by atoms with E-state index in [1.54, 1.807) is 18.0 Å². The molecule has 1 aliphatic heterocycles. The first-order chi connectivity index (χ1) is 8.34. The van der Waals surface area contributed by atoms with Crippen LogP contribution in [0.3, 0.4) is 0 Å². The number of nitrogens with one attached hydrogen (secondary N) is 2. The van der Waals surface area contributed by atoms with Crippen molar-refractivity contribution in [3.63, 3.8) is 0 Å². The van der Waals surface area contributed by atoms with Crippen molar-refractivity contribution < 1.29 is 4.79 Å². The molecule has 0 radical (unpaired) electrons. The Morgan fingerprint density at radius 3 is 2.79 bits per heavy atom. The van der Waals surface area contributed by atoms with E-state index in [-0.39, 0.29) is 30.7 Å². The summed E-state index contributed by atoms with van der Waals surface area (Å²) in [5, 5.41) is 6.14. The minimum Gasteiger partial charge on any atom is -0.355 e. The molecule has 1 saturated heterocycles. The molecule has 1 aromatic rings. The van der Waals surface area contributed by atoms with Gasteiger partial charge in [-0.25, -0.2) is 0 Å². The first kappa shape index (κ1) is 18.5. The third kappa shape index (κ3) is 7.01. The standard InChI is InChI=1S/C12H17N3OS.2ClH/c16-12(15-7-10-5-13-6-10)9-17-8-11-3-1-2-4-14-11;;/h1-4,10,13H,5-9H2,(H,15,16);2*1H. The predicted octanol–water partition coefficient (Wildman–Crippen LogP) is 1.49. The lowest BCUT2D eigenvalue weighted by Crippen LogP contribution is -2.48. The molecule has 0 spiro atoms. The number of amides is 1. The van der Waals surface area contributed by atoms with Crippen LogP contribution < -0.4 is 10.6 Å². The highest BCUT2D eigenvalue weighted by Crippen LogP contribution is 2.09. The van der Waals surface area contributed by atoms with Crippen LogP contribution in [0.15, 0.2) is 24.4 Å². The molecule has 2 N–H and O–H groups in total. The summed E-state index contributed by atoms with van der Waals surface area (Å²) in [7, 11) is 0. The van der Waals surface area contributed by atoms with Crippen LogP contribution in [-0.2, 0) is 10.5 Å². The van der Waals surface area contributed by atoms with E-state index in [9.17, 15) is 4.79 Å². The Kier molecular flexibility index (Phi) is 10.0. The second-order valence-corrected chi connectivity index (χ2v) is 5.13. The minimum atomic E-state index is 0. The number of carbonyl (C=O) groups excluding carboxylic acids is 1. The van der Waals surface area contributed by atoms with Gasteiger partial charge in [-0.15, -0.1) is 36.6 Å². The molecule has 1 aliphatic rings. The monoisotopic (exact) mass is 323 g/mol. The molecule has 0 bridgehead atoms. The molecule has 0 unspecified atom stereocenters. The first-order valence-corrected chi connectivity index (χ1v) is 6.95. The van der Waals surface area contributed by atoms with Gasteiger partial charge in [0, 0.05) is 37.5 Å². The molecule has 0 atom stereocenters. The van der Waals surface area contributed by atoms with Crippen LogP contribution in [0, 0.1) is 5.92 Å². The van der Waals surface area contributed by atoms with E-state index >= 15 is 0 Å². The number of hydrogen-bond acceptors (Lipinski definition) is 4. The van der Waals surface area contributed by atoms with Crippen molar-refractivity contribution in [1.29, 1.82) is 0 Å². The Labute approximate surface area is 130 Å². The molecule has 1 amide bonds. The number of carbonyl (C=O) groups is 1. The second kappa shape index (κ2) is 10.3. The van der Waals surface area contributed by atoms with Gasteiger partial charge in [0.25, 0.3) is 0 Å². The van der Waals surface area contributed by atoms with Crippen LogP contribution in [0.4, 0.5) is 0 Å². The lowest BCUT2D eigenvalue weighted by atomic mass is 10.0. The van der Waals surface area contributed by atoms with Gasteiger partial charge < -0.3 is 10.6 Å². The number of nitrogens with zero attached hydrogens (tertiary/aromatic N) is 1. The Bertz CT molecular complexity index is 363. The van der Waals surface area contributed by atoms with Gasteiger partial charge in [0.05, 0.1) is 11.4 Å². The van der Waals surface area contributed by atoms with Gasteiger partial charge in [-0.05, 0) is 12.1 Å². The van der Waals surface area contributed by atoms with Crippen molar-refractivity contribution in [3.8, 4) is 0 Å². The summed E-state index contributed by atoms with van der Waals surface area (Å²) in [6.07, 6.45) is 1.78. The highest BCUT2D eigenvalue weighted by molar-refractivity contribution is 7.99. The molecule has 2 heterocycles. The third-order valence-corrected chi connectivity index (χ3v) is 3.63. The van der Waals surface area contributed by atoms with Crippen LogP contribution in [0.1, 0.15) is 5.69 Å². The number of pyridine rings is 1. The van der Waals surface area contributed by atoms with Crippen LogP contribution in [0.25, 0.3) is 0 Å². The lowest BCUT2D eigenvalue weighted by Gasteiger charge is -2.27. The van der Waals surface area contributed by atoms with E-state index in [0.29, 0.717) is 11.7 Å². The quantitative estimate of drug-likeness (QED) is 0.833.